The number of nitrogens with one attached hydrogen (secondary N) is 1. The van der Waals surface area contributed by atoms with Gasteiger partial charge in [-0.3, -0.25) is 4.98 Å². The standard InChI is InChI=1S/C13H24N4S/c1-5-7-15-12-9-14-10-13(16-12)17(3)11(2)6-8-18-4/h9-11H,5-8H2,1-4H3,(H,15,16). The Morgan fingerprint density at radius 2 is 2.22 bits per heavy atom. The van der Waals surface area contributed by atoms with Crippen molar-refractivity contribution in [1.29, 1.82) is 0 Å². The van der Waals surface area contributed by atoms with E-state index in [9.17, 15) is 0 Å². The Balaban J connectivity index is 2.63. The summed E-state index contributed by atoms with van der Waals surface area (Å²) in [5.41, 5.74) is 0. The van der Waals surface area contributed by atoms with Gasteiger partial charge in [-0.25, -0.2) is 4.98 Å². The molecule has 0 saturated heterocycles. The molecule has 0 fully saturated rings. The Morgan fingerprint density at radius 1 is 1.44 bits per heavy atom. The van der Waals surface area contributed by atoms with Crippen molar-refractivity contribution in [2.45, 2.75) is 32.7 Å². The summed E-state index contributed by atoms with van der Waals surface area (Å²) in [6, 6.07) is 0.480. The highest BCUT2D eigenvalue weighted by Gasteiger charge is 2.11. The molecule has 0 saturated carbocycles. The van der Waals surface area contributed by atoms with Gasteiger partial charge in [0.05, 0.1) is 12.4 Å². The molecule has 18 heavy (non-hydrogen) atoms. The van der Waals surface area contributed by atoms with Gasteiger partial charge in [0.15, 0.2) is 0 Å². The predicted octanol–water partition coefficient (Wildman–Crippen LogP) is 2.88. The Kier molecular flexibility index (Phi) is 6.86. The number of aromatic nitrogens is 2. The smallest absolute Gasteiger partial charge is 0.149 e. The molecule has 102 valence electrons. The number of hydrogen-bond donors (Lipinski definition) is 1. The van der Waals surface area contributed by atoms with Gasteiger partial charge in [-0.05, 0) is 31.8 Å². The van der Waals surface area contributed by atoms with Gasteiger partial charge in [0.25, 0.3) is 0 Å². The predicted molar refractivity (Wildman–Crippen MR) is 81.7 cm³/mol. The zero-order valence-electron chi connectivity index (χ0n) is 11.8. The summed E-state index contributed by atoms with van der Waals surface area (Å²) < 4.78 is 0. The molecule has 0 radical (unpaired) electrons. The minimum absolute atomic E-state index is 0.480. The first-order chi connectivity index (χ1) is 8.69. The maximum absolute atomic E-state index is 4.58. The molecule has 1 aromatic heterocycles. The normalized spacial score (nSPS) is 12.2. The van der Waals surface area contributed by atoms with E-state index < -0.39 is 0 Å². The van der Waals surface area contributed by atoms with Crippen molar-refractivity contribution < 1.29 is 0 Å². The van der Waals surface area contributed by atoms with Crippen LogP contribution in [0.2, 0.25) is 0 Å². The number of nitrogens with zero attached hydrogens (tertiary/aromatic N) is 3. The molecule has 0 aliphatic rings. The van der Waals surface area contributed by atoms with E-state index in [2.05, 4.69) is 47.3 Å². The fraction of sp³-hybridized carbons (Fsp3) is 0.692. The highest BCUT2D eigenvalue weighted by Crippen LogP contribution is 2.16. The zero-order chi connectivity index (χ0) is 13.4. The quantitative estimate of drug-likeness (QED) is 0.785. The monoisotopic (exact) mass is 268 g/mol. The summed E-state index contributed by atoms with van der Waals surface area (Å²) in [5, 5.41) is 3.27. The maximum Gasteiger partial charge on any atom is 0.149 e. The molecule has 1 unspecified atom stereocenters. The van der Waals surface area contributed by atoms with Crippen molar-refractivity contribution in [3.63, 3.8) is 0 Å². The van der Waals surface area contributed by atoms with E-state index in [-0.39, 0.29) is 0 Å². The molecule has 0 spiro atoms. The fourth-order valence-electron chi connectivity index (χ4n) is 1.57. The largest absolute Gasteiger partial charge is 0.369 e. The van der Waals surface area contributed by atoms with Crippen LogP contribution in [0.25, 0.3) is 0 Å². The van der Waals surface area contributed by atoms with Gasteiger partial charge in [0.2, 0.25) is 0 Å². The molecular formula is C13H24N4S. The molecule has 0 bridgehead atoms. The summed E-state index contributed by atoms with van der Waals surface area (Å²) in [5.74, 6) is 2.97. The number of anilines is 2. The van der Waals surface area contributed by atoms with Gasteiger partial charge in [0, 0.05) is 19.6 Å². The van der Waals surface area contributed by atoms with Crippen LogP contribution in [-0.4, -0.2) is 41.6 Å². The molecular weight excluding hydrogens is 244 g/mol. The molecule has 0 aliphatic heterocycles. The van der Waals surface area contributed by atoms with E-state index in [1.54, 1.807) is 6.20 Å². The summed E-state index contributed by atoms with van der Waals surface area (Å²) in [4.78, 5) is 11.0. The summed E-state index contributed by atoms with van der Waals surface area (Å²) in [6.45, 7) is 5.30. The molecule has 1 heterocycles. The van der Waals surface area contributed by atoms with Gasteiger partial charge >= 0.3 is 0 Å². The van der Waals surface area contributed by atoms with Crippen LogP contribution >= 0.6 is 11.8 Å². The van der Waals surface area contributed by atoms with Crippen LogP contribution < -0.4 is 10.2 Å². The summed E-state index contributed by atoms with van der Waals surface area (Å²) >= 11 is 1.88. The molecule has 4 nitrogen and oxygen atoms in total. The van der Waals surface area contributed by atoms with Gasteiger partial charge in [-0.2, -0.15) is 11.8 Å². The Labute approximate surface area is 115 Å². The van der Waals surface area contributed by atoms with Crippen LogP contribution in [0, 0.1) is 0 Å². The van der Waals surface area contributed by atoms with Crippen molar-refractivity contribution in [3.8, 4) is 0 Å². The minimum Gasteiger partial charge on any atom is -0.369 e. The van der Waals surface area contributed by atoms with Crippen LogP contribution in [0.1, 0.15) is 26.7 Å². The molecule has 1 aromatic rings. The third kappa shape index (κ3) is 4.72. The van der Waals surface area contributed by atoms with Crippen molar-refractivity contribution >= 4 is 23.4 Å². The SMILES string of the molecule is CCCNc1cncc(N(C)C(C)CCSC)n1. The van der Waals surface area contributed by atoms with E-state index >= 15 is 0 Å². The number of hydrogen-bond acceptors (Lipinski definition) is 5. The zero-order valence-corrected chi connectivity index (χ0v) is 12.6. The van der Waals surface area contributed by atoms with E-state index in [1.807, 2.05) is 18.0 Å². The van der Waals surface area contributed by atoms with E-state index in [0.717, 1.165) is 31.0 Å². The van der Waals surface area contributed by atoms with Crippen molar-refractivity contribution in [3.05, 3.63) is 12.4 Å². The van der Waals surface area contributed by atoms with Crippen LogP contribution in [0.4, 0.5) is 11.6 Å². The second-order valence-electron chi connectivity index (χ2n) is 4.43. The van der Waals surface area contributed by atoms with Gasteiger partial charge < -0.3 is 10.2 Å². The molecule has 5 heteroatoms. The van der Waals surface area contributed by atoms with E-state index in [4.69, 9.17) is 0 Å². The lowest BCUT2D eigenvalue weighted by molar-refractivity contribution is 0.661. The van der Waals surface area contributed by atoms with E-state index in [1.165, 1.54) is 5.75 Å². The lowest BCUT2D eigenvalue weighted by Crippen LogP contribution is -2.30. The van der Waals surface area contributed by atoms with Crippen molar-refractivity contribution in [2.24, 2.45) is 0 Å². The maximum atomic E-state index is 4.58. The fourth-order valence-corrected chi connectivity index (χ4v) is 2.15. The molecule has 1 rings (SSSR count). The van der Waals surface area contributed by atoms with Crippen LogP contribution in [0.15, 0.2) is 12.4 Å². The molecule has 0 amide bonds. The molecule has 0 aromatic carbocycles. The van der Waals surface area contributed by atoms with Crippen molar-refractivity contribution in [2.75, 3.05) is 35.8 Å². The first kappa shape index (κ1) is 15.1. The summed E-state index contributed by atoms with van der Waals surface area (Å²) in [6.07, 6.45) is 7.99. The minimum atomic E-state index is 0.480. The van der Waals surface area contributed by atoms with Gasteiger partial charge in [-0.15, -0.1) is 0 Å². The van der Waals surface area contributed by atoms with Crippen LogP contribution in [0.3, 0.4) is 0 Å². The second-order valence-corrected chi connectivity index (χ2v) is 5.42. The first-order valence-electron chi connectivity index (χ1n) is 6.46. The summed E-state index contributed by atoms with van der Waals surface area (Å²) in [7, 11) is 2.08. The van der Waals surface area contributed by atoms with Crippen molar-refractivity contribution in [1.82, 2.24) is 9.97 Å². The van der Waals surface area contributed by atoms with E-state index in [0.29, 0.717) is 6.04 Å². The highest BCUT2D eigenvalue weighted by atomic mass is 32.2. The van der Waals surface area contributed by atoms with Crippen LogP contribution in [0.5, 0.6) is 0 Å². The molecule has 1 N–H and O–H groups in total. The Bertz CT molecular complexity index is 346. The first-order valence-corrected chi connectivity index (χ1v) is 7.86. The topological polar surface area (TPSA) is 41.1 Å². The highest BCUT2D eigenvalue weighted by molar-refractivity contribution is 7.98. The van der Waals surface area contributed by atoms with Gasteiger partial charge in [0.1, 0.15) is 11.6 Å². The third-order valence-electron chi connectivity index (χ3n) is 2.94. The Hall–Kier alpha value is -0.970. The lowest BCUT2D eigenvalue weighted by Gasteiger charge is -2.25. The second kappa shape index (κ2) is 8.19. The molecule has 0 aliphatic carbocycles. The third-order valence-corrected chi connectivity index (χ3v) is 3.58. The number of rotatable bonds is 8. The Morgan fingerprint density at radius 3 is 2.89 bits per heavy atom. The lowest BCUT2D eigenvalue weighted by atomic mass is 10.2. The average Bonchev–Trinajstić information content (AvgIpc) is 2.42. The molecule has 1 atom stereocenters. The van der Waals surface area contributed by atoms with Crippen LogP contribution in [-0.2, 0) is 0 Å². The number of thioether (sulfide) groups is 1. The average molecular weight is 268 g/mol. The van der Waals surface area contributed by atoms with Gasteiger partial charge in [-0.1, -0.05) is 6.92 Å².